The Kier molecular flexibility index (Phi) is 6.13. The lowest BCUT2D eigenvalue weighted by atomic mass is 10.0. The molecule has 3 aromatic rings. The fourth-order valence-electron chi connectivity index (χ4n) is 3.86. The third-order valence-electron chi connectivity index (χ3n) is 5.31. The SMILES string of the molecule is Cc1cccc(N(C(=O)c2csnn2)[C@@H](C(=O)NC2CCCC2)c2ccncc2)c1. The summed E-state index contributed by atoms with van der Waals surface area (Å²) in [5.74, 6) is -0.566. The van der Waals surface area contributed by atoms with Crippen LogP contribution in [0.4, 0.5) is 5.69 Å². The number of rotatable bonds is 6. The second kappa shape index (κ2) is 9.13. The Hall–Kier alpha value is -3.13. The highest BCUT2D eigenvalue weighted by Crippen LogP contribution is 2.31. The monoisotopic (exact) mass is 421 g/mol. The summed E-state index contributed by atoms with van der Waals surface area (Å²) in [6.45, 7) is 1.95. The molecule has 2 aromatic heterocycles. The third-order valence-corrected chi connectivity index (χ3v) is 5.81. The van der Waals surface area contributed by atoms with Gasteiger partial charge < -0.3 is 5.32 Å². The van der Waals surface area contributed by atoms with Crippen molar-refractivity contribution >= 4 is 29.0 Å². The molecule has 0 saturated heterocycles. The minimum Gasteiger partial charge on any atom is -0.351 e. The van der Waals surface area contributed by atoms with Gasteiger partial charge in [-0.3, -0.25) is 19.5 Å². The van der Waals surface area contributed by atoms with Crippen LogP contribution in [0, 0.1) is 6.92 Å². The standard InChI is InChI=1S/C22H23N5O2S/c1-15-5-4-8-18(13-15)27(22(29)19-14-30-26-25-19)20(16-9-11-23-12-10-16)21(28)24-17-6-2-3-7-17/h4-5,8-14,17,20H,2-3,6-7H2,1H3,(H,24,28)/t20-/m1/s1. The van der Waals surface area contributed by atoms with Crippen LogP contribution in [0.25, 0.3) is 0 Å². The molecule has 8 heteroatoms. The first-order chi connectivity index (χ1) is 14.6. The molecule has 1 N–H and O–H groups in total. The van der Waals surface area contributed by atoms with Gasteiger partial charge in [-0.15, -0.1) is 5.10 Å². The zero-order valence-electron chi connectivity index (χ0n) is 16.7. The minimum absolute atomic E-state index is 0.136. The van der Waals surface area contributed by atoms with Crippen LogP contribution in [-0.2, 0) is 4.79 Å². The van der Waals surface area contributed by atoms with Gasteiger partial charge in [-0.25, -0.2) is 0 Å². The Bertz CT molecular complexity index is 1000. The fraction of sp³-hybridized carbons (Fsp3) is 0.318. The molecule has 1 saturated carbocycles. The number of amides is 2. The Labute approximate surface area is 179 Å². The molecule has 0 aliphatic heterocycles. The van der Waals surface area contributed by atoms with Crippen molar-refractivity contribution in [1.29, 1.82) is 0 Å². The van der Waals surface area contributed by atoms with E-state index < -0.39 is 6.04 Å². The van der Waals surface area contributed by atoms with E-state index in [2.05, 4.69) is 19.9 Å². The quantitative estimate of drug-likeness (QED) is 0.656. The van der Waals surface area contributed by atoms with E-state index in [1.54, 1.807) is 29.9 Å². The predicted molar refractivity (Wildman–Crippen MR) is 115 cm³/mol. The van der Waals surface area contributed by atoms with E-state index in [1.807, 2.05) is 31.2 Å². The van der Waals surface area contributed by atoms with Gasteiger partial charge in [0.1, 0.15) is 6.04 Å². The van der Waals surface area contributed by atoms with Crippen LogP contribution in [0.2, 0.25) is 0 Å². The molecule has 0 spiro atoms. The summed E-state index contributed by atoms with van der Waals surface area (Å²) in [4.78, 5) is 32.6. The van der Waals surface area contributed by atoms with E-state index in [1.165, 1.54) is 4.90 Å². The Morgan fingerprint density at radius 3 is 2.60 bits per heavy atom. The number of hydrogen-bond acceptors (Lipinski definition) is 6. The highest BCUT2D eigenvalue weighted by atomic mass is 32.1. The lowest BCUT2D eigenvalue weighted by Crippen LogP contribution is -2.46. The molecule has 0 radical (unpaired) electrons. The van der Waals surface area contributed by atoms with E-state index in [0.29, 0.717) is 11.3 Å². The van der Waals surface area contributed by atoms with Gasteiger partial charge >= 0.3 is 0 Å². The zero-order valence-corrected chi connectivity index (χ0v) is 17.5. The first kappa shape index (κ1) is 20.2. The number of aromatic nitrogens is 3. The number of nitrogens with zero attached hydrogens (tertiary/aromatic N) is 4. The number of nitrogens with one attached hydrogen (secondary N) is 1. The predicted octanol–water partition coefficient (Wildman–Crippen LogP) is 3.69. The second-order valence-electron chi connectivity index (χ2n) is 7.48. The molecule has 1 aromatic carbocycles. The normalized spacial score (nSPS) is 15.0. The van der Waals surface area contributed by atoms with Crippen molar-refractivity contribution in [3.05, 3.63) is 71.0 Å². The minimum atomic E-state index is -0.843. The Morgan fingerprint density at radius 1 is 1.17 bits per heavy atom. The number of pyridine rings is 1. The summed E-state index contributed by atoms with van der Waals surface area (Å²) < 4.78 is 3.83. The van der Waals surface area contributed by atoms with Crippen molar-refractivity contribution in [2.75, 3.05) is 4.90 Å². The van der Waals surface area contributed by atoms with Gasteiger partial charge in [0.2, 0.25) is 5.91 Å². The number of carbonyl (C=O) groups excluding carboxylic acids is 2. The zero-order chi connectivity index (χ0) is 20.9. The number of carbonyl (C=O) groups is 2. The maximum atomic E-state index is 13.5. The van der Waals surface area contributed by atoms with Gasteiger partial charge in [-0.2, -0.15) is 0 Å². The highest BCUT2D eigenvalue weighted by Gasteiger charge is 2.35. The summed E-state index contributed by atoms with van der Waals surface area (Å²) in [7, 11) is 0. The van der Waals surface area contributed by atoms with Gasteiger partial charge in [0, 0.05) is 29.5 Å². The van der Waals surface area contributed by atoms with Crippen LogP contribution < -0.4 is 10.2 Å². The molecular weight excluding hydrogens is 398 g/mol. The molecule has 4 rings (SSSR count). The summed E-state index contributed by atoms with van der Waals surface area (Å²) in [6.07, 6.45) is 7.40. The lowest BCUT2D eigenvalue weighted by molar-refractivity contribution is -0.123. The molecule has 0 bridgehead atoms. The molecule has 1 aliphatic carbocycles. The maximum Gasteiger partial charge on any atom is 0.280 e. The first-order valence-corrected chi connectivity index (χ1v) is 10.8. The summed E-state index contributed by atoms with van der Waals surface area (Å²) in [5.41, 5.74) is 2.54. The third kappa shape index (κ3) is 4.38. The molecule has 1 aliphatic rings. The molecule has 7 nitrogen and oxygen atoms in total. The number of anilines is 1. The second-order valence-corrected chi connectivity index (χ2v) is 8.09. The molecule has 30 heavy (non-hydrogen) atoms. The number of hydrogen-bond donors (Lipinski definition) is 1. The van der Waals surface area contributed by atoms with Crippen LogP contribution >= 0.6 is 11.5 Å². The van der Waals surface area contributed by atoms with Crippen LogP contribution in [-0.4, -0.2) is 32.4 Å². The molecule has 154 valence electrons. The van der Waals surface area contributed by atoms with Crippen molar-refractivity contribution in [3.8, 4) is 0 Å². The van der Waals surface area contributed by atoms with E-state index in [-0.39, 0.29) is 23.6 Å². The van der Waals surface area contributed by atoms with E-state index in [4.69, 9.17) is 0 Å². The van der Waals surface area contributed by atoms with E-state index in [0.717, 1.165) is 42.8 Å². The van der Waals surface area contributed by atoms with Crippen molar-refractivity contribution < 1.29 is 9.59 Å². The van der Waals surface area contributed by atoms with Gasteiger partial charge in [0.25, 0.3) is 5.91 Å². The van der Waals surface area contributed by atoms with Gasteiger partial charge in [0.05, 0.1) is 0 Å². The molecule has 1 atom stereocenters. The largest absolute Gasteiger partial charge is 0.351 e. The van der Waals surface area contributed by atoms with Gasteiger partial charge in [-0.1, -0.05) is 29.5 Å². The average molecular weight is 422 g/mol. The first-order valence-electron chi connectivity index (χ1n) is 10.0. The van der Waals surface area contributed by atoms with Crippen LogP contribution in [0.1, 0.15) is 53.3 Å². The Morgan fingerprint density at radius 2 is 1.93 bits per heavy atom. The lowest BCUT2D eigenvalue weighted by Gasteiger charge is -2.32. The smallest absolute Gasteiger partial charge is 0.280 e. The van der Waals surface area contributed by atoms with Gasteiger partial charge in [0.15, 0.2) is 5.69 Å². The Balaban J connectivity index is 1.79. The molecular formula is C22H23N5O2S. The van der Waals surface area contributed by atoms with Gasteiger partial charge in [-0.05, 0) is 66.7 Å². The molecule has 0 unspecified atom stereocenters. The highest BCUT2D eigenvalue weighted by molar-refractivity contribution is 7.03. The van der Waals surface area contributed by atoms with Crippen molar-refractivity contribution in [2.24, 2.45) is 0 Å². The van der Waals surface area contributed by atoms with Crippen molar-refractivity contribution in [3.63, 3.8) is 0 Å². The van der Waals surface area contributed by atoms with Crippen LogP contribution in [0.5, 0.6) is 0 Å². The topological polar surface area (TPSA) is 88.1 Å². The maximum absolute atomic E-state index is 13.5. The summed E-state index contributed by atoms with van der Waals surface area (Å²) in [6, 6.07) is 10.4. The molecule has 1 fully saturated rings. The number of benzene rings is 1. The van der Waals surface area contributed by atoms with E-state index in [9.17, 15) is 9.59 Å². The van der Waals surface area contributed by atoms with Crippen LogP contribution in [0.15, 0.2) is 54.2 Å². The van der Waals surface area contributed by atoms with Crippen LogP contribution in [0.3, 0.4) is 0 Å². The van der Waals surface area contributed by atoms with E-state index >= 15 is 0 Å². The fourth-order valence-corrected chi connectivity index (χ4v) is 4.29. The number of aryl methyl sites for hydroxylation is 1. The summed E-state index contributed by atoms with van der Waals surface area (Å²) in [5, 5.41) is 8.71. The summed E-state index contributed by atoms with van der Waals surface area (Å²) >= 11 is 1.11. The average Bonchev–Trinajstić information content (AvgIpc) is 3.46. The molecule has 2 amide bonds. The van der Waals surface area contributed by atoms with Crippen molar-refractivity contribution in [2.45, 2.75) is 44.7 Å². The molecule has 2 heterocycles. The van der Waals surface area contributed by atoms with Crippen molar-refractivity contribution in [1.82, 2.24) is 19.9 Å².